The summed E-state index contributed by atoms with van der Waals surface area (Å²) in [4.78, 5) is 8.49. The predicted molar refractivity (Wildman–Crippen MR) is 87.3 cm³/mol. The monoisotopic (exact) mass is 289 g/mol. The molecule has 3 N–H and O–H groups in total. The molecular formula is C17H15N5. The van der Waals surface area contributed by atoms with Crippen molar-refractivity contribution in [1.29, 1.82) is 5.26 Å². The third-order valence-electron chi connectivity index (χ3n) is 3.45. The molecule has 0 aliphatic heterocycles. The fourth-order valence-electron chi connectivity index (χ4n) is 2.28. The highest BCUT2D eigenvalue weighted by atomic mass is 15.0. The van der Waals surface area contributed by atoms with Crippen LogP contribution in [0.5, 0.6) is 0 Å². The number of nitrogens with zero attached hydrogens (tertiary/aromatic N) is 3. The highest BCUT2D eigenvalue weighted by Crippen LogP contribution is 2.20. The van der Waals surface area contributed by atoms with Gasteiger partial charge in [-0.15, -0.1) is 0 Å². The van der Waals surface area contributed by atoms with Crippen molar-refractivity contribution < 1.29 is 0 Å². The molecule has 0 unspecified atom stereocenters. The first-order chi connectivity index (χ1) is 10.8. The molecule has 108 valence electrons. The smallest absolute Gasteiger partial charge is 0.137 e. The minimum absolute atomic E-state index is 0.601. The average Bonchev–Trinajstić information content (AvgIpc) is 2.56. The molecule has 0 spiro atoms. The molecule has 22 heavy (non-hydrogen) atoms. The lowest BCUT2D eigenvalue weighted by molar-refractivity contribution is 1.01. The van der Waals surface area contributed by atoms with Crippen LogP contribution in [0.1, 0.15) is 11.1 Å². The molecule has 0 amide bonds. The second kappa shape index (κ2) is 6.10. The van der Waals surface area contributed by atoms with Crippen molar-refractivity contribution in [3.8, 4) is 6.07 Å². The highest BCUT2D eigenvalue weighted by Gasteiger charge is 2.04. The van der Waals surface area contributed by atoms with E-state index in [2.05, 4.69) is 21.4 Å². The number of nitriles is 1. The van der Waals surface area contributed by atoms with Crippen LogP contribution >= 0.6 is 0 Å². The van der Waals surface area contributed by atoms with E-state index >= 15 is 0 Å². The van der Waals surface area contributed by atoms with Crippen molar-refractivity contribution in [2.24, 2.45) is 0 Å². The second-order valence-corrected chi connectivity index (χ2v) is 4.98. The van der Waals surface area contributed by atoms with E-state index in [4.69, 9.17) is 11.0 Å². The van der Waals surface area contributed by atoms with Crippen LogP contribution in [-0.2, 0) is 6.42 Å². The Labute approximate surface area is 128 Å². The SMILES string of the molecule is N#Cc1ccc2ncnc(NCCc3ccc(N)cc3)c2c1. The Kier molecular flexibility index (Phi) is 3.84. The molecule has 0 aliphatic rings. The van der Waals surface area contributed by atoms with E-state index in [0.29, 0.717) is 5.56 Å². The Balaban J connectivity index is 1.76. The van der Waals surface area contributed by atoms with Crippen LogP contribution in [0.3, 0.4) is 0 Å². The zero-order chi connectivity index (χ0) is 15.4. The highest BCUT2D eigenvalue weighted by molar-refractivity contribution is 5.89. The topological polar surface area (TPSA) is 87.6 Å². The number of hydrogen-bond donors (Lipinski definition) is 2. The van der Waals surface area contributed by atoms with E-state index in [-0.39, 0.29) is 0 Å². The number of benzene rings is 2. The van der Waals surface area contributed by atoms with Crippen molar-refractivity contribution in [2.45, 2.75) is 6.42 Å². The van der Waals surface area contributed by atoms with Gasteiger partial charge in [-0.3, -0.25) is 0 Å². The molecule has 1 aromatic heterocycles. The third-order valence-corrected chi connectivity index (χ3v) is 3.45. The zero-order valence-corrected chi connectivity index (χ0v) is 12.0. The Morgan fingerprint density at radius 3 is 2.68 bits per heavy atom. The summed E-state index contributed by atoms with van der Waals surface area (Å²) in [6, 6.07) is 15.4. The summed E-state index contributed by atoms with van der Waals surface area (Å²) in [5.74, 6) is 0.748. The van der Waals surface area contributed by atoms with Gasteiger partial charge >= 0.3 is 0 Å². The summed E-state index contributed by atoms with van der Waals surface area (Å²) >= 11 is 0. The Hall–Kier alpha value is -3.13. The molecule has 0 atom stereocenters. The van der Waals surface area contributed by atoms with Crippen molar-refractivity contribution in [2.75, 3.05) is 17.6 Å². The van der Waals surface area contributed by atoms with Gasteiger partial charge in [0, 0.05) is 17.6 Å². The summed E-state index contributed by atoms with van der Waals surface area (Å²) in [5, 5.41) is 13.2. The number of nitrogen functional groups attached to an aromatic ring is 1. The van der Waals surface area contributed by atoms with E-state index in [9.17, 15) is 0 Å². The normalized spacial score (nSPS) is 10.3. The van der Waals surface area contributed by atoms with E-state index < -0.39 is 0 Å². The fourth-order valence-corrected chi connectivity index (χ4v) is 2.28. The van der Waals surface area contributed by atoms with Crippen LogP contribution in [0.25, 0.3) is 10.9 Å². The lowest BCUT2D eigenvalue weighted by Crippen LogP contribution is -2.07. The molecule has 5 heteroatoms. The molecule has 3 aromatic rings. The molecule has 0 saturated carbocycles. The molecule has 0 aliphatic carbocycles. The summed E-state index contributed by atoms with van der Waals surface area (Å²) in [6.07, 6.45) is 2.39. The standard InChI is InChI=1S/C17H15N5/c18-10-13-3-6-16-15(9-13)17(22-11-21-16)20-8-7-12-1-4-14(19)5-2-12/h1-6,9,11H,7-8,19H2,(H,20,21,22). The van der Waals surface area contributed by atoms with Gasteiger partial charge in [-0.25, -0.2) is 9.97 Å². The van der Waals surface area contributed by atoms with Gasteiger partial charge in [-0.05, 0) is 42.3 Å². The van der Waals surface area contributed by atoms with Gasteiger partial charge in [-0.2, -0.15) is 5.26 Å². The number of rotatable bonds is 4. The van der Waals surface area contributed by atoms with Gasteiger partial charge in [0.25, 0.3) is 0 Å². The average molecular weight is 289 g/mol. The van der Waals surface area contributed by atoms with E-state index in [0.717, 1.165) is 35.4 Å². The first-order valence-corrected chi connectivity index (χ1v) is 6.99. The molecule has 0 saturated heterocycles. The van der Waals surface area contributed by atoms with Gasteiger partial charge in [0.2, 0.25) is 0 Å². The van der Waals surface area contributed by atoms with Crippen LogP contribution in [0.2, 0.25) is 0 Å². The van der Waals surface area contributed by atoms with Crippen LogP contribution in [0.4, 0.5) is 11.5 Å². The van der Waals surface area contributed by atoms with Gasteiger partial charge in [0.15, 0.2) is 0 Å². The Morgan fingerprint density at radius 1 is 1.09 bits per heavy atom. The minimum Gasteiger partial charge on any atom is -0.399 e. The molecule has 5 nitrogen and oxygen atoms in total. The number of aromatic nitrogens is 2. The fraction of sp³-hybridized carbons (Fsp3) is 0.118. The molecule has 0 bridgehead atoms. The molecule has 1 heterocycles. The van der Waals surface area contributed by atoms with Crippen LogP contribution in [0.15, 0.2) is 48.8 Å². The van der Waals surface area contributed by atoms with Crippen LogP contribution < -0.4 is 11.1 Å². The maximum absolute atomic E-state index is 9.01. The van der Waals surface area contributed by atoms with E-state index in [1.807, 2.05) is 30.3 Å². The lowest BCUT2D eigenvalue weighted by Gasteiger charge is -2.08. The van der Waals surface area contributed by atoms with Gasteiger partial charge in [-0.1, -0.05) is 12.1 Å². The summed E-state index contributed by atoms with van der Waals surface area (Å²) in [7, 11) is 0. The summed E-state index contributed by atoms with van der Waals surface area (Å²) in [5.41, 5.74) is 9.07. The first kappa shape index (κ1) is 13.8. The molecule has 0 radical (unpaired) electrons. The zero-order valence-electron chi connectivity index (χ0n) is 12.0. The number of hydrogen-bond acceptors (Lipinski definition) is 5. The summed E-state index contributed by atoms with van der Waals surface area (Å²) in [6.45, 7) is 0.743. The third kappa shape index (κ3) is 2.96. The van der Waals surface area contributed by atoms with Crippen molar-refractivity contribution in [3.05, 3.63) is 59.9 Å². The van der Waals surface area contributed by atoms with Gasteiger partial charge in [0.1, 0.15) is 12.1 Å². The van der Waals surface area contributed by atoms with E-state index in [1.54, 1.807) is 12.1 Å². The second-order valence-electron chi connectivity index (χ2n) is 4.98. The summed E-state index contributed by atoms with van der Waals surface area (Å²) < 4.78 is 0. The number of anilines is 2. The van der Waals surface area contributed by atoms with Crippen molar-refractivity contribution >= 4 is 22.4 Å². The molecular weight excluding hydrogens is 274 g/mol. The van der Waals surface area contributed by atoms with Gasteiger partial charge < -0.3 is 11.1 Å². The maximum Gasteiger partial charge on any atom is 0.137 e. The first-order valence-electron chi connectivity index (χ1n) is 6.99. The lowest BCUT2D eigenvalue weighted by atomic mass is 10.1. The van der Waals surface area contributed by atoms with Crippen LogP contribution in [0, 0.1) is 11.3 Å². The molecule has 3 rings (SSSR count). The van der Waals surface area contributed by atoms with Gasteiger partial charge in [0.05, 0.1) is 17.1 Å². The molecule has 0 fully saturated rings. The van der Waals surface area contributed by atoms with Crippen molar-refractivity contribution in [1.82, 2.24) is 9.97 Å². The van der Waals surface area contributed by atoms with Crippen molar-refractivity contribution in [3.63, 3.8) is 0 Å². The Bertz CT molecular complexity index is 834. The minimum atomic E-state index is 0.601. The predicted octanol–water partition coefficient (Wildman–Crippen LogP) is 2.74. The van der Waals surface area contributed by atoms with E-state index in [1.165, 1.54) is 11.9 Å². The molecule has 2 aromatic carbocycles. The maximum atomic E-state index is 9.01. The number of fused-ring (bicyclic) bond motifs is 1. The van der Waals surface area contributed by atoms with Crippen LogP contribution in [-0.4, -0.2) is 16.5 Å². The Morgan fingerprint density at radius 2 is 1.91 bits per heavy atom. The largest absolute Gasteiger partial charge is 0.399 e. The number of nitrogens with two attached hydrogens (primary N) is 1. The quantitative estimate of drug-likeness (QED) is 0.721. The number of nitrogens with one attached hydrogen (secondary N) is 1.